The monoisotopic (exact) mass is 1500 g/mol. The molecule has 0 heteroatoms. The van der Waals surface area contributed by atoms with Gasteiger partial charge in [-0.2, -0.15) is 0 Å². The third-order valence-corrected chi connectivity index (χ3v) is 27.8. The van der Waals surface area contributed by atoms with Crippen molar-refractivity contribution < 1.29 is 0 Å². The Bertz CT molecular complexity index is 1320. The van der Waals surface area contributed by atoms with Crippen molar-refractivity contribution in [3.8, 4) is 0 Å². The molecular formula is C107H214. The summed E-state index contributed by atoms with van der Waals surface area (Å²) in [6.07, 6.45) is 125. The molecule has 0 nitrogen and oxygen atoms in total. The molecule has 0 aromatic rings. The molecule has 0 aromatic carbocycles. The molecule has 0 saturated heterocycles. The molecule has 0 heterocycles. The van der Waals surface area contributed by atoms with Crippen molar-refractivity contribution >= 4 is 0 Å². The van der Waals surface area contributed by atoms with Crippen LogP contribution in [-0.2, 0) is 0 Å². The molecule has 1 atom stereocenters. The molecule has 0 aromatic heterocycles. The van der Waals surface area contributed by atoms with Crippen molar-refractivity contribution in [2.24, 2.45) is 64.6 Å². The summed E-state index contributed by atoms with van der Waals surface area (Å²) in [4.78, 5) is 0. The maximum atomic E-state index is 2.47. The zero-order valence-corrected chi connectivity index (χ0v) is 78.3. The van der Waals surface area contributed by atoms with E-state index in [-0.39, 0.29) is 0 Å². The minimum atomic E-state index is 0.708. The van der Waals surface area contributed by atoms with Gasteiger partial charge in [-0.1, -0.05) is 572 Å². The zero-order chi connectivity index (χ0) is 78.8. The molecule has 107 heavy (non-hydrogen) atoms. The highest BCUT2D eigenvalue weighted by molar-refractivity contribution is 5.08. The second-order valence-electron chi connectivity index (χ2n) is 34.9. The molecule has 16 aliphatic rings. The van der Waals surface area contributed by atoms with Crippen LogP contribution in [0.5, 0.6) is 0 Å². The average molecular weight is 1500 g/mol. The lowest BCUT2D eigenvalue weighted by molar-refractivity contribution is 0.196. The molecular weight excluding hydrogens is 1290 g/mol. The summed E-state index contributed by atoms with van der Waals surface area (Å²) in [7, 11) is 0. The Hall–Kier alpha value is -0.520. The Kier molecular flexibility index (Phi) is 87.6. The lowest BCUT2D eigenvalue weighted by atomic mass is 9.73. The van der Waals surface area contributed by atoms with Crippen LogP contribution in [0.3, 0.4) is 0 Å². The topological polar surface area (TPSA) is 0 Å². The van der Waals surface area contributed by atoms with Crippen LogP contribution in [0.15, 0.2) is 24.3 Å². The minimum Gasteiger partial charge on any atom is -0.0882 e. The van der Waals surface area contributed by atoms with Crippen LogP contribution >= 0.6 is 0 Å². The van der Waals surface area contributed by atoms with Gasteiger partial charge >= 0.3 is 0 Å². The van der Waals surface area contributed by atoms with Gasteiger partial charge in [-0.25, -0.2) is 0 Å². The maximum absolute atomic E-state index is 2.47. The second kappa shape index (κ2) is 86.3. The third-order valence-electron chi connectivity index (χ3n) is 27.8. The second-order valence-corrected chi connectivity index (χ2v) is 34.9. The maximum Gasteiger partial charge on any atom is -0.0115 e. The van der Waals surface area contributed by atoms with Crippen LogP contribution in [0.2, 0.25) is 0 Å². The smallest absolute Gasteiger partial charge is 0.0115 e. The third kappa shape index (κ3) is 58.1. The van der Waals surface area contributed by atoms with Gasteiger partial charge < -0.3 is 0 Å². The normalized spacial score (nSPS) is 24.5. The number of allylic oxidation sites excluding steroid dienone is 4. The van der Waals surface area contributed by atoms with Gasteiger partial charge in [0.15, 0.2) is 0 Å². The first kappa shape index (κ1) is 109. The summed E-state index contributed by atoms with van der Waals surface area (Å²) in [5, 5.41) is 0. The van der Waals surface area contributed by atoms with Gasteiger partial charge in [0, 0.05) is 0 Å². The molecule has 16 rings (SSSR count). The number of hydrogen-bond acceptors (Lipinski definition) is 0. The lowest BCUT2D eigenvalue weighted by Gasteiger charge is -2.32. The molecule has 14 fully saturated rings. The van der Waals surface area contributed by atoms with Gasteiger partial charge in [-0.15, -0.1) is 0 Å². The van der Waals surface area contributed by atoms with E-state index in [0.29, 0.717) is 5.41 Å². The minimum absolute atomic E-state index is 0.708. The van der Waals surface area contributed by atoms with Gasteiger partial charge in [0.1, 0.15) is 0 Å². The van der Waals surface area contributed by atoms with Crippen LogP contribution in [0.1, 0.15) is 599 Å². The van der Waals surface area contributed by atoms with Crippen LogP contribution in [0.4, 0.5) is 0 Å². The molecule has 642 valence electrons. The van der Waals surface area contributed by atoms with Crippen molar-refractivity contribution in [2.75, 3.05) is 0 Å². The number of hydrogen-bond donors (Lipinski definition) is 0. The summed E-state index contributed by atoms with van der Waals surface area (Å²) in [6, 6.07) is 0. The molecule has 0 amide bonds. The summed E-state index contributed by atoms with van der Waals surface area (Å²) < 4.78 is 0. The highest BCUT2D eigenvalue weighted by atomic mass is 14.4. The quantitative estimate of drug-likeness (QED) is 0.241. The van der Waals surface area contributed by atoms with Crippen molar-refractivity contribution in [2.45, 2.75) is 599 Å². The van der Waals surface area contributed by atoms with Gasteiger partial charge in [0.25, 0.3) is 0 Å². The Morgan fingerprint density at radius 2 is 0.308 bits per heavy atom. The summed E-state index contributed by atoms with van der Waals surface area (Å²) >= 11 is 0. The number of rotatable bonds is 5. The van der Waals surface area contributed by atoms with Crippen LogP contribution in [-0.4, -0.2) is 0 Å². The molecule has 0 aliphatic heterocycles. The van der Waals surface area contributed by atoms with E-state index in [1.807, 2.05) is 111 Å². The highest BCUT2D eigenvalue weighted by Gasteiger charge is 2.33. The summed E-state index contributed by atoms with van der Waals surface area (Å²) in [5.74, 6) is 11.1. The zero-order valence-electron chi connectivity index (χ0n) is 78.3. The van der Waals surface area contributed by atoms with Crippen molar-refractivity contribution in [1.29, 1.82) is 0 Å². The van der Waals surface area contributed by atoms with Crippen molar-refractivity contribution in [3.63, 3.8) is 0 Å². The Morgan fingerprint density at radius 1 is 0.150 bits per heavy atom. The molecule has 16 aliphatic carbocycles. The van der Waals surface area contributed by atoms with Crippen molar-refractivity contribution in [1.82, 2.24) is 0 Å². The lowest BCUT2D eigenvalue weighted by Crippen LogP contribution is -2.20. The summed E-state index contributed by atoms with van der Waals surface area (Å²) in [6.45, 7) is 32.0. The van der Waals surface area contributed by atoms with Gasteiger partial charge in [0.2, 0.25) is 0 Å². The first-order valence-corrected chi connectivity index (χ1v) is 52.6. The van der Waals surface area contributed by atoms with E-state index in [1.165, 1.54) is 385 Å². The molecule has 0 N–H and O–H groups in total. The first-order valence-electron chi connectivity index (χ1n) is 52.6. The molecule has 14 saturated carbocycles. The largest absolute Gasteiger partial charge is 0.0882 e. The first-order chi connectivity index (χ1) is 53.2. The molecule has 1 unspecified atom stereocenters. The fraction of sp³-hybridized carbons (Fsp3) is 0.963. The Morgan fingerprint density at radius 3 is 0.458 bits per heavy atom. The van der Waals surface area contributed by atoms with E-state index in [1.54, 1.807) is 103 Å². The van der Waals surface area contributed by atoms with E-state index in [0.717, 1.165) is 59.2 Å². The van der Waals surface area contributed by atoms with Crippen LogP contribution in [0, 0.1) is 64.6 Å². The predicted octanol–water partition coefficient (Wildman–Crippen LogP) is 40.2. The molecule has 1 spiro atoms. The van der Waals surface area contributed by atoms with Gasteiger partial charge in [-0.05, 0) is 116 Å². The van der Waals surface area contributed by atoms with E-state index < -0.39 is 0 Å². The summed E-state index contributed by atoms with van der Waals surface area (Å²) in [5.41, 5.74) is 0.708. The van der Waals surface area contributed by atoms with E-state index in [2.05, 4.69) is 24.3 Å². The molecule has 0 radical (unpaired) electrons. The van der Waals surface area contributed by atoms with Crippen LogP contribution in [0.25, 0.3) is 0 Å². The Labute approximate surface area is 683 Å². The average Bonchev–Trinajstić information content (AvgIpc) is 1.72. The molecule has 0 bridgehead atoms. The fourth-order valence-electron chi connectivity index (χ4n) is 21.8. The fourth-order valence-corrected chi connectivity index (χ4v) is 21.8. The predicted molar refractivity (Wildman–Crippen MR) is 497 cm³/mol. The standard InChI is InChI=1S/4C12H22.C10H16.C9H14.4C6H12.8C2H6/c4*1-3-7-11(8-4-1)12-9-5-2-6-10-12;1-2-6-9(5-1)10-7-3-4-8-10;1-2-6-9(5-1)7-3-4-8-9;4*1-2-4-6-5-3-1;8*1-2/h4*11-12H,1-10H2;1,5,9-10H,2-4,6-8H2;1,5H,2-4,6-8H2;4*1-6H2;8*1-2H3. The van der Waals surface area contributed by atoms with E-state index in [4.69, 9.17) is 0 Å². The Balaban J connectivity index is 0. The van der Waals surface area contributed by atoms with Gasteiger partial charge in [-0.3, -0.25) is 0 Å². The van der Waals surface area contributed by atoms with Crippen LogP contribution < -0.4 is 0 Å². The SMILES string of the molecule is C1=CC(C2CCCC2)CC1.C1=CC2(CC1)CCCC2.C1CCC(C2CCCCC2)CC1.C1CCC(C2CCCCC2)CC1.C1CCC(C2CCCCC2)CC1.C1CCC(C2CCCCC2)CC1.C1CCCCC1.C1CCCCC1.C1CCCCC1.C1CCCCC1.CC.CC.CC.CC.CC.CC.CC.CC. The van der Waals surface area contributed by atoms with Gasteiger partial charge in [0.05, 0.1) is 0 Å². The van der Waals surface area contributed by atoms with E-state index >= 15 is 0 Å². The van der Waals surface area contributed by atoms with Crippen molar-refractivity contribution in [3.05, 3.63) is 24.3 Å². The van der Waals surface area contributed by atoms with E-state index in [9.17, 15) is 0 Å². The highest BCUT2D eigenvalue weighted by Crippen LogP contribution is 2.47.